The van der Waals surface area contributed by atoms with Crippen LogP contribution in [0.5, 0.6) is 11.5 Å². The number of benzene rings is 2. The van der Waals surface area contributed by atoms with Crippen LogP contribution in [0.1, 0.15) is 32.3 Å². The molecule has 31 heavy (non-hydrogen) atoms. The summed E-state index contributed by atoms with van der Waals surface area (Å²) in [5, 5.41) is 2.91. The average molecular weight is 424 g/mol. The first-order valence-corrected chi connectivity index (χ1v) is 10.5. The van der Waals surface area contributed by atoms with Crippen molar-refractivity contribution < 1.29 is 19.1 Å². The fraction of sp³-hybridized carbons (Fsp3) is 0.417. The fourth-order valence-corrected chi connectivity index (χ4v) is 4.12. The highest BCUT2D eigenvalue weighted by Gasteiger charge is 2.44. The van der Waals surface area contributed by atoms with Crippen molar-refractivity contribution in [3.8, 4) is 11.5 Å². The Morgan fingerprint density at radius 1 is 1.16 bits per heavy atom. The van der Waals surface area contributed by atoms with Gasteiger partial charge in [0, 0.05) is 18.2 Å². The standard InChI is InChI=1S/C24H29N3O4/c1-24(2)23(29)25-19-7-5-6-8-20(19)27(24)22(28)15-26(17-9-10-17)14-16-13-18(30-3)11-12-21(16)31-4/h5-8,11-13,17H,9-10,14-15H2,1-4H3,(H,25,29). The van der Waals surface area contributed by atoms with Gasteiger partial charge in [-0.2, -0.15) is 0 Å². The third-order valence-corrected chi connectivity index (χ3v) is 6.02. The van der Waals surface area contributed by atoms with Crippen molar-refractivity contribution in [1.29, 1.82) is 0 Å². The Morgan fingerprint density at radius 2 is 1.90 bits per heavy atom. The first-order chi connectivity index (χ1) is 14.8. The van der Waals surface area contributed by atoms with E-state index >= 15 is 0 Å². The second-order valence-corrected chi connectivity index (χ2v) is 8.57. The van der Waals surface area contributed by atoms with E-state index in [1.807, 2.05) is 42.5 Å². The molecule has 0 unspecified atom stereocenters. The summed E-state index contributed by atoms with van der Waals surface area (Å²) >= 11 is 0. The van der Waals surface area contributed by atoms with Crippen molar-refractivity contribution in [2.75, 3.05) is 31.0 Å². The number of amides is 2. The van der Waals surface area contributed by atoms with Gasteiger partial charge in [-0.05, 0) is 57.0 Å². The first kappa shape index (κ1) is 21.2. The van der Waals surface area contributed by atoms with Gasteiger partial charge in [0.05, 0.1) is 32.1 Å². The van der Waals surface area contributed by atoms with Crippen molar-refractivity contribution in [1.82, 2.24) is 4.90 Å². The largest absolute Gasteiger partial charge is 0.497 e. The highest BCUT2D eigenvalue weighted by molar-refractivity contribution is 6.14. The van der Waals surface area contributed by atoms with Crippen molar-refractivity contribution in [3.05, 3.63) is 48.0 Å². The molecule has 2 aromatic carbocycles. The number of hydrogen-bond acceptors (Lipinski definition) is 5. The molecular weight excluding hydrogens is 394 g/mol. The first-order valence-electron chi connectivity index (χ1n) is 10.5. The predicted molar refractivity (Wildman–Crippen MR) is 120 cm³/mol. The Morgan fingerprint density at radius 3 is 2.58 bits per heavy atom. The summed E-state index contributed by atoms with van der Waals surface area (Å²) in [5.74, 6) is 1.23. The van der Waals surface area contributed by atoms with E-state index in [1.54, 1.807) is 33.0 Å². The van der Waals surface area contributed by atoms with Crippen LogP contribution in [-0.4, -0.2) is 49.1 Å². The molecule has 1 fully saturated rings. The SMILES string of the molecule is COc1ccc(OC)c(CN(CC(=O)N2c3ccccc3NC(=O)C2(C)C)C2CC2)c1. The molecule has 7 heteroatoms. The molecule has 0 aromatic heterocycles. The number of carbonyl (C=O) groups excluding carboxylic acids is 2. The molecular formula is C24H29N3O4. The lowest BCUT2D eigenvalue weighted by molar-refractivity contribution is -0.127. The molecule has 0 spiro atoms. The Labute approximate surface area is 182 Å². The molecule has 2 aromatic rings. The summed E-state index contributed by atoms with van der Waals surface area (Å²) in [5.41, 5.74) is 1.38. The lowest BCUT2D eigenvalue weighted by Gasteiger charge is -2.42. The third kappa shape index (κ3) is 4.10. The van der Waals surface area contributed by atoms with Crippen LogP contribution in [0, 0.1) is 0 Å². The van der Waals surface area contributed by atoms with Gasteiger partial charge in [-0.25, -0.2) is 0 Å². The topological polar surface area (TPSA) is 71.1 Å². The number of anilines is 2. The van der Waals surface area contributed by atoms with Crippen LogP contribution in [0.3, 0.4) is 0 Å². The van der Waals surface area contributed by atoms with Gasteiger partial charge in [-0.1, -0.05) is 12.1 Å². The minimum Gasteiger partial charge on any atom is -0.497 e. The van der Waals surface area contributed by atoms with Crippen LogP contribution in [0.25, 0.3) is 0 Å². The number of nitrogens with one attached hydrogen (secondary N) is 1. The number of methoxy groups -OCH3 is 2. The second-order valence-electron chi connectivity index (χ2n) is 8.57. The van der Waals surface area contributed by atoms with Crippen LogP contribution >= 0.6 is 0 Å². The van der Waals surface area contributed by atoms with E-state index in [2.05, 4.69) is 10.2 Å². The van der Waals surface area contributed by atoms with E-state index in [0.29, 0.717) is 18.3 Å². The maximum atomic E-state index is 13.6. The van der Waals surface area contributed by atoms with Crippen LogP contribution < -0.4 is 19.7 Å². The molecule has 1 N–H and O–H groups in total. The number of para-hydroxylation sites is 2. The van der Waals surface area contributed by atoms with Gasteiger partial charge in [-0.15, -0.1) is 0 Å². The molecule has 1 saturated carbocycles. The maximum absolute atomic E-state index is 13.6. The number of ether oxygens (including phenoxy) is 2. The quantitative estimate of drug-likeness (QED) is 0.739. The van der Waals surface area contributed by atoms with Crippen molar-refractivity contribution in [3.63, 3.8) is 0 Å². The Bertz CT molecular complexity index is 1000. The van der Waals surface area contributed by atoms with E-state index in [-0.39, 0.29) is 18.4 Å². The second kappa shape index (κ2) is 8.23. The normalized spacial score (nSPS) is 17.2. The molecule has 2 aliphatic rings. The monoisotopic (exact) mass is 423 g/mol. The molecule has 0 atom stereocenters. The molecule has 7 nitrogen and oxygen atoms in total. The summed E-state index contributed by atoms with van der Waals surface area (Å²) in [4.78, 5) is 30.1. The lowest BCUT2D eigenvalue weighted by atomic mass is 9.96. The highest BCUT2D eigenvalue weighted by atomic mass is 16.5. The van der Waals surface area contributed by atoms with Crippen molar-refractivity contribution in [2.45, 2.75) is 44.8 Å². The Hall–Kier alpha value is -3.06. The number of fused-ring (bicyclic) bond motifs is 1. The minimum atomic E-state index is -0.978. The molecule has 0 radical (unpaired) electrons. The highest BCUT2D eigenvalue weighted by Crippen LogP contribution is 2.38. The number of hydrogen-bond donors (Lipinski definition) is 1. The van der Waals surface area contributed by atoms with Gasteiger partial charge in [-0.3, -0.25) is 19.4 Å². The maximum Gasteiger partial charge on any atom is 0.250 e. The van der Waals surface area contributed by atoms with Gasteiger partial charge in [0.1, 0.15) is 17.0 Å². The molecule has 0 bridgehead atoms. The van der Waals surface area contributed by atoms with Gasteiger partial charge in [0.2, 0.25) is 11.8 Å². The Kier molecular flexibility index (Phi) is 5.62. The average Bonchev–Trinajstić information content (AvgIpc) is 3.59. The molecule has 4 rings (SSSR count). The van der Waals surface area contributed by atoms with Gasteiger partial charge in [0.15, 0.2) is 0 Å². The summed E-state index contributed by atoms with van der Waals surface area (Å²) in [6.07, 6.45) is 2.11. The Balaban J connectivity index is 1.61. The van der Waals surface area contributed by atoms with Crippen LogP contribution in [0.4, 0.5) is 11.4 Å². The van der Waals surface area contributed by atoms with Crippen LogP contribution in [0.2, 0.25) is 0 Å². The zero-order valence-corrected chi connectivity index (χ0v) is 18.5. The number of rotatable bonds is 7. The van der Waals surface area contributed by atoms with Crippen LogP contribution in [0.15, 0.2) is 42.5 Å². The number of carbonyl (C=O) groups is 2. The van der Waals surface area contributed by atoms with E-state index in [4.69, 9.17) is 9.47 Å². The molecule has 1 aliphatic heterocycles. The zero-order valence-electron chi connectivity index (χ0n) is 18.5. The molecule has 1 heterocycles. The lowest BCUT2D eigenvalue weighted by Crippen LogP contribution is -2.60. The molecule has 2 amide bonds. The smallest absolute Gasteiger partial charge is 0.250 e. The summed E-state index contributed by atoms with van der Waals surface area (Å²) < 4.78 is 10.9. The molecule has 0 saturated heterocycles. The fourth-order valence-electron chi connectivity index (χ4n) is 4.12. The van der Waals surface area contributed by atoms with Crippen molar-refractivity contribution >= 4 is 23.2 Å². The number of nitrogens with zero attached hydrogens (tertiary/aromatic N) is 2. The summed E-state index contributed by atoms with van der Waals surface area (Å²) in [7, 11) is 3.28. The molecule has 164 valence electrons. The minimum absolute atomic E-state index is 0.0962. The van der Waals surface area contributed by atoms with Gasteiger partial charge >= 0.3 is 0 Å². The molecule has 1 aliphatic carbocycles. The van der Waals surface area contributed by atoms with Gasteiger partial charge < -0.3 is 14.8 Å². The van der Waals surface area contributed by atoms with E-state index < -0.39 is 5.54 Å². The summed E-state index contributed by atoms with van der Waals surface area (Å²) in [6, 6.07) is 13.5. The zero-order chi connectivity index (χ0) is 22.2. The van der Waals surface area contributed by atoms with Gasteiger partial charge in [0.25, 0.3) is 0 Å². The van der Waals surface area contributed by atoms with Crippen molar-refractivity contribution in [2.24, 2.45) is 0 Å². The van der Waals surface area contributed by atoms with E-state index in [1.165, 1.54) is 0 Å². The third-order valence-electron chi connectivity index (χ3n) is 6.02. The van der Waals surface area contributed by atoms with E-state index in [9.17, 15) is 9.59 Å². The predicted octanol–water partition coefficient (Wildman–Crippen LogP) is 3.43. The van der Waals surface area contributed by atoms with Crippen LogP contribution in [-0.2, 0) is 16.1 Å². The summed E-state index contributed by atoms with van der Waals surface area (Å²) in [6.45, 7) is 4.35. The van der Waals surface area contributed by atoms with E-state index in [0.717, 1.165) is 35.6 Å².